The number of hydrogen-bond donors (Lipinski definition) is 1. The number of amides is 1. The summed E-state index contributed by atoms with van der Waals surface area (Å²) in [6.45, 7) is 0. The molecule has 11 heteroatoms. The molecular formula is C19H17F3N4O3S. The lowest BCUT2D eigenvalue weighted by Crippen LogP contribution is -2.22. The van der Waals surface area contributed by atoms with E-state index in [9.17, 15) is 26.4 Å². The van der Waals surface area contributed by atoms with E-state index < -0.39 is 27.7 Å². The average molecular weight is 438 g/mol. The second-order valence-corrected chi connectivity index (χ2v) is 8.60. The number of carbonyl (C=O) groups is 1. The van der Waals surface area contributed by atoms with Crippen molar-refractivity contribution in [2.24, 2.45) is 0 Å². The molecular weight excluding hydrogens is 421 g/mol. The van der Waals surface area contributed by atoms with E-state index in [1.807, 2.05) is 0 Å². The van der Waals surface area contributed by atoms with Gasteiger partial charge < -0.3 is 5.32 Å². The highest BCUT2D eigenvalue weighted by Crippen LogP contribution is 2.33. The topological polar surface area (TPSA) is 84.3 Å². The van der Waals surface area contributed by atoms with E-state index in [1.54, 1.807) is 6.07 Å². The molecule has 158 valence electrons. The first kappa shape index (κ1) is 21.5. The predicted molar refractivity (Wildman–Crippen MR) is 104 cm³/mol. The van der Waals surface area contributed by atoms with E-state index in [2.05, 4.69) is 10.4 Å². The van der Waals surface area contributed by atoms with Gasteiger partial charge in [-0.25, -0.2) is 17.4 Å². The van der Waals surface area contributed by atoms with Gasteiger partial charge in [0, 0.05) is 32.1 Å². The molecule has 0 radical (unpaired) electrons. The van der Waals surface area contributed by atoms with Crippen LogP contribution < -0.4 is 5.32 Å². The van der Waals surface area contributed by atoms with Crippen molar-refractivity contribution in [3.63, 3.8) is 0 Å². The standard InChI is InChI=1S/C19H17F3N4O3S/c1-25(2)30(28,29)15-7-4-13(5-8-15)18(27)24-16-12-14(19(20,21)22)6-9-17(16)26-11-3-10-23-26/h3-12H,1-2H3,(H,24,27). The number of aromatic nitrogens is 2. The van der Waals surface area contributed by atoms with E-state index >= 15 is 0 Å². The van der Waals surface area contributed by atoms with Gasteiger partial charge in [0.2, 0.25) is 10.0 Å². The van der Waals surface area contributed by atoms with Gasteiger partial charge in [0.1, 0.15) is 0 Å². The molecule has 0 aliphatic rings. The molecule has 0 spiro atoms. The molecule has 0 atom stereocenters. The maximum Gasteiger partial charge on any atom is 0.416 e. The smallest absolute Gasteiger partial charge is 0.320 e. The normalized spacial score (nSPS) is 12.2. The number of nitrogens with zero attached hydrogens (tertiary/aromatic N) is 3. The number of benzene rings is 2. The highest BCUT2D eigenvalue weighted by atomic mass is 32.2. The molecule has 1 amide bonds. The fourth-order valence-electron chi connectivity index (χ4n) is 2.61. The fourth-order valence-corrected chi connectivity index (χ4v) is 3.51. The van der Waals surface area contributed by atoms with Crippen molar-refractivity contribution < 1.29 is 26.4 Å². The van der Waals surface area contributed by atoms with Crippen LogP contribution in [0.15, 0.2) is 65.8 Å². The molecule has 30 heavy (non-hydrogen) atoms. The Labute approximate surface area is 170 Å². The number of halogens is 3. The third kappa shape index (κ3) is 4.36. The van der Waals surface area contributed by atoms with E-state index in [0.717, 1.165) is 16.4 Å². The van der Waals surface area contributed by atoms with Crippen molar-refractivity contribution >= 4 is 21.6 Å². The molecule has 3 rings (SSSR count). The van der Waals surface area contributed by atoms with Crippen molar-refractivity contribution in [3.8, 4) is 5.69 Å². The van der Waals surface area contributed by atoms with Gasteiger partial charge in [-0.15, -0.1) is 0 Å². The van der Waals surface area contributed by atoms with Gasteiger partial charge in [-0.3, -0.25) is 4.79 Å². The van der Waals surface area contributed by atoms with Gasteiger partial charge in [0.25, 0.3) is 5.91 Å². The zero-order valence-electron chi connectivity index (χ0n) is 15.9. The molecule has 0 saturated heterocycles. The number of rotatable bonds is 5. The molecule has 0 unspecified atom stereocenters. The van der Waals surface area contributed by atoms with Gasteiger partial charge in [-0.1, -0.05) is 0 Å². The first-order valence-electron chi connectivity index (χ1n) is 8.55. The van der Waals surface area contributed by atoms with Gasteiger partial charge in [0.05, 0.1) is 21.8 Å². The van der Waals surface area contributed by atoms with Crippen LogP contribution in [0.5, 0.6) is 0 Å². The summed E-state index contributed by atoms with van der Waals surface area (Å²) in [5.74, 6) is -0.698. The number of anilines is 1. The molecule has 0 saturated carbocycles. The van der Waals surface area contributed by atoms with E-state index in [1.165, 1.54) is 61.5 Å². The first-order valence-corrected chi connectivity index (χ1v) is 9.99. The van der Waals surface area contributed by atoms with Crippen LogP contribution in [0, 0.1) is 0 Å². The largest absolute Gasteiger partial charge is 0.416 e. The molecule has 1 aromatic heterocycles. The number of nitrogens with one attached hydrogen (secondary N) is 1. The second-order valence-electron chi connectivity index (χ2n) is 6.45. The van der Waals surface area contributed by atoms with Crippen LogP contribution in [0.2, 0.25) is 0 Å². The summed E-state index contributed by atoms with van der Waals surface area (Å²) in [5, 5.41) is 6.44. The number of alkyl halides is 3. The van der Waals surface area contributed by atoms with Crippen LogP contribution >= 0.6 is 0 Å². The Hall–Kier alpha value is -3.18. The zero-order chi connectivity index (χ0) is 22.1. The van der Waals surface area contributed by atoms with Gasteiger partial charge in [-0.05, 0) is 48.5 Å². The van der Waals surface area contributed by atoms with Gasteiger partial charge in [0.15, 0.2) is 0 Å². The van der Waals surface area contributed by atoms with Gasteiger partial charge in [-0.2, -0.15) is 18.3 Å². The minimum Gasteiger partial charge on any atom is -0.320 e. The zero-order valence-corrected chi connectivity index (χ0v) is 16.7. The maximum atomic E-state index is 13.1. The summed E-state index contributed by atoms with van der Waals surface area (Å²) in [7, 11) is -0.921. The van der Waals surface area contributed by atoms with Crippen molar-refractivity contribution in [2.45, 2.75) is 11.1 Å². The highest BCUT2D eigenvalue weighted by Gasteiger charge is 2.31. The maximum absolute atomic E-state index is 13.1. The number of carbonyl (C=O) groups excluding carboxylic acids is 1. The van der Waals surface area contributed by atoms with Crippen molar-refractivity contribution in [1.29, 1.82) is 0 Å². The van der Waals surface area contributed by atoms with E-state index in [4.69, 9.17) is 0 Å². The first-order chi connectivity index (χ1) is 14.0. The Balaban J connectivity index is 1.94. The average Bonchev–Trinajstić information content (AvgIpc) is 3.21. The van der Waals surface area contributed by atoms with Crippen LogP contribution in [0.3, 0.4) is 0 Å². The summed E-state index contributed by atoms with van der Waals surface area (Å²) >= 11 is 0. The fraction of sp³-hybridized carbons (Fsp3) is 0.158. The third-order valence-electron chi connectivity index (χ3n) is 4.22. The summed E-state index contributed by atoms with van der Waals surface area (Å²) in [6.07, 6.45) is -1.61. The van der Waals surface area contributed by atoms with E-state index in [0.29, 0.717) is 0 Å². The summed E-state index contributed by atoms with van der Waals surface area (Å²) in [6, 6.07) is 9.59. The highest BCUT2D eigenvalue weighted by molar-refractivity contribution is 7.89. The Morgan fingerprint density at radius 2 is 1.77 bits per heavy atom. The molecule has 0 aliphatic heterocycles. The second kappa shape index (κ2) is 7.92. The molecule has 0 bridgehead atoms. The van der Waals surface area contributed by atoms with Gasteiger partial charge >= 0.3 is 6.18 Å². The molecule has 0 fully saturated rings. The third-order valence-corrected chi connectivity index (χ3v) is 6.05. The minimum atomic E-state index is -4.59. The van der Waals surface area contributed by atoms with Crippen LogP contribution in [0.25, 0.3) is 5.69 Å². The van der Waals surface area contributed by atoms with Crippen molar-refractivity contribution in [1.82, 2.24) is 14.1 Å². The van der Waals surface area contributed by atoms with Crippen molar-refractivity contribution in [2.75, 3.05) is 19.4 Å². The Bertz CT molecular complexity index is 1160. The Morgan fingerprint density at radius 1 is 1.10 bits per heavy atom. The molecule has 1 heterocycles. The van der Waals surface area contributed by atoms with E-state index in [-0.39, 0.29) is 21.8 Å². The molecule has 1 N–H and O–H groups in total. The molecule has 7 nitrogen and oxygen atoms in total. The lowest BCUT2D eigenvalue weighted by atomic mass is 10.1. The Morgan fingerprint density at radius 3 is 2.30 bits per heavy atom. The molecule has 0 aliphatic carbocycles. The quantitative estimate of drug-likeness (QED) is 0.662. The van der Waals surface area contributed by atoms with Crippen LogP contribution in [0.1, 0.15) is 15.9 Å². The summed E-state index contributed by atoms with van der Waals surface area (Å²) in [4.78, 5) is 12.6. The number of hydrogen-bond acceptors (Lipinski definition) is 4. The summed E-state index contributed by atoms with van der Waals surface area (Å²) in [5.41, 5.74) is -0.700. The SMILES string of the molecule is CN(C)S(=O)(=O)c1ccc(C(=O)Nc2cc(C(F)(F)F)ccc2-n2cccn2)cc1. The lowest BCUT2D eigenvalue weighted by Gasteiger charge is -2.15. The summed E-state index contributed by atoms with van der Waals surface area (Å²) < 4.78 is 66.0. The van der Waals surface area contributed by atoms with Crippen LogP contribution in [-0.2, 0) is 16.2 Å². The minimum absolute atomic E-state index is 0.0136. The molecule has 2 aromatic carbocycles. The van der Waals surface area contributed by atoms with Crippen molar-refractivity contribution in [3.05, 3.63) is 72.1 Å². The monoisotopic (exact) mass is 438 g/mol. The predicted octanol–water partition coefficient (Wildman–Crippen LogP) is 3.39. The lowest BCUT2D eigenvalue weighted by molar-refractivity contribution is -0.137. The van der Waals surface area contributed by atoms with Crippen LogP contribution in [0.4, 0.5) is 18.9 Å². The van der Waals surface area contributed by atoms with Crippen LogP contribution in [-0.4, -0.2) is 42.5 Å². The molecule has 3 aromatic rings. The Kier molecular flexibility index (Phi) is 5.68. The number of sulfonamides is 1.